The first-order chi connectivity index (χ1) is 6.20. The maximum atomic E-state index is 10.9. The highest BCUT2D eigenvalue weighted by molar-refractivity contribution is 7.51. The molecule has 0 fully saturated rings. The van der Waals surface area contributed by atoms with E-state index in [1.807, 2.05) is 19.9 Å². The molecule has 0 aliphatic heterocycles. The first-order valence-corrected chi connectivity index (χ1v) is 5.63. The molecule has 0 amide bonds. The van der Waals surface area contributed by atoms with Gasteiger partial charge in [-0.25, -0.2) is 0 Å². The number of hydrogen-bond donors (Lipinski definition) is 0. The highest BCUT2D eigenvalue weighted by Crippen LogP contribution is 2.19. The van der Waals surface area contributed by atoms with Crippen LogP contribution in [0.2, 0.25) is 0 Å². The van der Waals surface area contributed by atoms with Crippen molar-refractivity contribution >= 4 is 13.7 Å². The molecular weight excluding hydrogens is 183 g/mol. The van der Waals surface area contributed by atoms with E-state index in [-0.39, 0.29) is 0 Å². The van der Waals surface area contributed by atoms with Gasteiger partial charge in [0.15, 0.2) is 0 Å². The Morgan fingerprint density at radius 3 is 2.31 bits per heavy atom. The predicted molar refractivity (Wildman–Crippen MR) is 51.8 cm³/mol. The molecule has 0 heterocycles. The largest absolute Gasteiger partial charge is 0.838 e. The van der Waals surface area contributed by atoms with E-state index < -0.39 is 8.38 Å². The van der Waals surface area contributed by atoms with Gasteiger partial charge in [-0.15, -0.1) is 0 Å². The van der Waals surface area contributed by atoms with Gasteiger partial charge in [0, 0.05) is 0 Å². The fourth-order valence-electron chi connectivity index (χ4n) is 1.53. The average molecular weight is 196 g/mol. The zero-order chi connectivity index (χ0) is 9.84. The smallest absolute Gasteiger partial charge is 0.0299 e. The van der Waals surface area contributed by atoms with Crippen LogP contribution in [0, 0.1) is 0 Å². The molecule has 0 radical (unpaired) electrons. The van der Waals surface area contributed by atoms with Crippen LogP contribution in [0.15, 0.2) is 18.2 Å². The Hall–Kier alpha value is -0.430. The van der Waals surface area contributed by atoms with Crippen LogP contribution in [0.1, 0.15) is 25.0 Å². The lowest BCUT2D eigenvalue weighted by molar-refractivity contribution is -0.287. The molecule has 72 valence electrons. The van der Waals surface area contributed by atoms with Crippen LogP contribution in [0.25, 0.3) is 0 Å². The number of benzene rings is 1. The van der Waals surface area contributed by atoms with E-state index >= 15 is 0 Å². The molecule has 0 aliphatic carbocycles. The molecule has 0 unspecified atom stereocenters. The molecule has 0 bridgehead atoms. The Labute approximate surface area is 80.2 Å². The lowest BCUT2D eigenvalue weighted by atomic mass is 10.0. The molecule has 13 heavy (non-hydrogen) atoms. The molecule has 3 heteroatoms. The van der Waals surface area contributed by atoms with Crippen molar-refractivity contribution in [2.75, 3.05) is 0 Å². The van der Waals surface area contributed by atoms with Gasteiger partial charge in [0.05, 0.1) is 0 Å². The maximum Gasteiger partial charge on any atom is -0.0299 e. The van der Waals surface area contributed by atoms with Crippen molar-refractivity contribution in [1.29, 1.82) is 0 Å². The molecule has 0 saturated heterocycles. The van der Waals surface area contributed by atoms with E-state index in [1.165, 1.54) is 0 Å². The van der Waals surface area contributed by atoms with Crippen molar-refractivity contribution in [2.45, 2.75) is 26.7 Å². The van der Waals surface area contributed by atoms with Gasteiger partial charge in [-0.05, 0) is 24.0 Å². The second kappa shape index (κ2) is 4.71. The van der Waals surface area contributed by atoms with Crippen LogP contribution >= 0.6 is 8.38 Å². The van der Waals surface area contributed by atoms with E-state index in [2.05, 4.69) is 0 Å². The summed E-state index contributed by atoms with van der Waals surface area (Å²) in [6, 6.07) is 5.46. The highest BCUT2D eigenvalue weighted by atomic mass is 31.2. The van der Waals surface area contributed by atoms with Crippen LogP contribution in [0.5, 0.6) is 0 Å². The minimum absolute atomic E-state index is 0.483. The molecule has 0 aromatic heterocycles. The Kier molecular flexibility index (Phi) is 3.86. The first-order valence-electron chi connectivity index (χ1n) is 4.45. The van der Waals surface area contributed by atoms with Gasteiger partial charge < -0.3 is 9.79 Å². The number of hydrogen-bond acceptors (Lipinski definition) is 2. The van der Waals surface area contributed by atoms with E-state index in [9.17, 15) is 9.79 Å². The molecule has 0 spiro atoms. The average Bonchev–Trinajstić information content (AvgIpc) is 2.16. The molecule has 0 saturated carbocycles. The predicted octanol–water partition coefficient (Wildman–Crippen LogP) is 0.469. The van der Waals surface area contributed by atoms with E-state index in [4.69, 9.17) is 0 Å². The van der Waals surface area contributed by atoms with Crippen molar-refractivity contribution < 1.29 is 9.79 Å². The fourth-order valence-corrected chi connectivity index (χ4v) is 2.26. The third kappa shape index (κ3) is 2.28. The minimum atomic E-state index is -2.44. The van der Waals surface area contributed by atoms with Gasteiger partial charge >= 0.3 is 0 Å². The van der Waals surface area contributed by atoms with Gasteiger partial charge in [0.1, 0.15) is 0 Å². The summed E-state index contributed by atoms with van der Waals surface area (Å²) in [5, 5.41) is 0.483. The Morgan fingerprint density at radius 1 is 1.15 bits per heavy atom. The molecule has 1 aromatic rings. The van der Waals surface area contributed by atoms with Crippen LogP contribution < -0.4 is 15.1 Å². The van der Waals surface area contributed by atoms with Gasteiger partial charge in [-0.1, -0.05) is 37.4 Å². The van der Waals surface area contributed by atoms with Crippen molar-refractivity contribution in [1.82, 2.24) is 0 Å². The van der Waals surface area contributed by atoms with Crippen LogP contribution in [-0.4, -0.2) is 0 Å². The van der Waals surface area contributed by atoms with E-state index in [0.29, 0.717) is 5.30 Å². The quantitative estimate of drug-likeness (QED) is 0.659. The summed E-state index contributed by atoms with van der Waals surface area (Å²) in [4.78, 5) is 21.8. The summed E-state index contributed by atoms with van der Waals surface area (Å²) in [6.45, 7) is 4.02. The molecule has 1 aromatic carbocycles. The monoisotopic (exact) mass is 196 g/mol. The summed E-state index contributed by atoms with van der Waals surface area (Å²) in [5.74, 6) is 0. The number of rotatable bonds is 3. The van der Waals surface area contributed by atoms with Gasteiger partial charge in [0.2, 0.25) is 0 Å². The van der Waals surface area contributed by atoms with Crippen molar-refractivity contribution in [3.05, 3.63) is 29.3 Å². The third-order valence-electron chi connectivity index (χ3n) is 2.18. The third-order valence-corrected chi connectivity index (χ3v) is 2.99. The normalized spacial score (nSPS) is 10.8. The topological polar surface area (TPSA) is 46.1 Å². The van der Waals surface area contributed by atoms with Gasteiger partial charge in [-0.2, -0.15) is 0 Å². The summed E-state index contributed by atoms with van der Waals surface area (Å²) in [6.07, 6.45) is 1.67. The second-order valence-electron chi connectivity index (χ2n) is 2.88. The molecule has 0 aliphatic rings. The lowest BCUT2D eigenvalue weighted by Crippen LogP contribution is -2.23. The number of aryl methyl sites for hydroxylation is 1. The Bertz CT molecular complexity index is 284. The zero-order valence-electron chi connectivity index (χ0n) is 7.91. The zero-order valence-corrected chi connectivity index (χ0v) is 8.80. The Morgan fingerprint density at radius 2 is 1.85 bits per heavy atom. The summed E-state index contributed by atoms with van der Waals surface area (Å²) in [7, 11) is -2.44. The molecule has 1 rings (SSSR count). The second-order valence-corrected chi connectivity index (χ2v) is 3.88. The Balaban J connectivity index is 3.19. The van der Waals surface area contributed by atoms with Crippen LogP contribution in [0.4, 0.5) is 0 Å². The first kappa shape index (κ1) is 10.6. The molecule has 0 atom stereocenters. The van der Waals surface area contributed by atoms with Crippen molar-refractivity contribution in [2.24, 2.45) is 0 Å². The summed E-state index contributed by atoms with van der Waals surface area (Å²) < 4.78 is 0. The fraction of sp³-hybridized carbons (Fsp3) is 0.400. The lowest BCUT2D eigenvalue weighted by Gasteiger charge is -2.34. The van der Waals surface area contributed by atoms with E-state index in [0.717, 1.165) is 24.0 Å². The molecular formula is C10H13O2P-2. The maximum absolute atomic E-state index is 10.9. The van der Waals surface area contributed by atoms with Gasteiger partial charge in [0.25, 0.3) is 0 Å². The van der Waals surface area contributed by atoms with E-state index in [1.54, 1.807) is 12.1 Å². The van der Waals surface area contributed by atoms with Crippen molar-refractivity contribution in [3.63, 3.8) is 0 Å². The standard InChI is InChI=1S/C10H13O2P/c1-3-8-6-5-7-10(13(11)12)9(8)4-2/h5-7H,3-4H2,1-2H3/q-2. The summed E-state index contributed by atoms with van der Waals surface area (Å²) >= 11 is 0. The molecule has 2 nitrogen and oxygen atoms in total. The minimum Gasteiger partial charge on any atom is -0.838 e. The molecule has 0 N–H and O–H groups in total. The highest BCUT2D eigenvalue weighted by Gasteiger charge is 2.01. The van der Waals surface area contributed by atoms with Crippen LogP contribution in [-0.2, 0) is 12.8 Å². The van der Waals surface area contributed by atoms with Crippen LogP contribution in [0.3, 0.4) is 0 Å². The SMILES string of the molecule is CCc1cccc(P([O-])[O-])c1CC. The van der Waals surface area contributed by atoms with Gasteiger partial charge in [-0.3, -0.25) is 8.38 Å². The van der Waals surface area contributed by atoms with Crippen molar-refractivity contribution in [3.8, 4) is 0 Å². The summed E-state index contributed by atoms with van der Waals surface area (Å²) in [5.41, 5.74) is 2.11.